The van der Waals surface area contributed by atoms with Crippen molar-refractivity contribution in [2.75, 3.05) is 6.61 Å². The number of hydrogen-bond donors (Lipinski definition) is 1. The van der Waals surface area contributed by atoms with Crippen LogP contribution in [0.3, 0.4) is 0 Å². The highest BCUT2D eigenvalue weighted by molar-refractivity contribution is 5.99. The molecule has 0 saturated carbocycles. The summed E-state index contributed by atoms with van der Waals surface area (Å²) < 4.78 is 7.03. The topological polar surface area (TPSA) is 81.4 Å². The lowest BCUT2D eigenvalue weighted by Crippen LogP contribution is -2.30. The van der Waals surface area contributed by atoms with Gasteiger partial charge in [0.25, 0.3) is 5.56 Å². The van der Waals surface area contributed by atoms with Gasteiger partial charge in [-0.1, -0.05) is 78.4 Å². The first-order valence-electron chi connectivity index (χ1n) is 11.2. The molecular weight excluding hydrogens is 428 g/mol. The van der Waals surface area contributed by atoms with E-state index >= 15 is 0 Å². The van der Waals surface area contributed by atoms with E-state index in [2.05, 4.69) is 5.10 Å². The minimum absolute atomic E-state index is 0.268. The average molecular weight is 455 g/mol. The summed E-state index contributed by atoms with van der Waals surface area (Å²) in [5.41, 5.74) is 2.49. The predicted molar refractivity (Wildman–Crippen MR) is 132 cm³/mol. The lowest BCUT2D eigenvalue weighted by Gasteiger charge is -2.16. The van der Waals surface area contributed by atoms with Gasteiger partial charge in [0, 0.05) is 17.7 Å². The summed E-state index contributed by atoms with van der Waals surface area (Å²) in [4.78, 5) is 25.4. The number of rotatable bonds is 9. The molecule has 0 spiro atoms. The smallest absolute Gasteiger partial charge is 0.342 e. The van der Waals surface area contributed by atoms with Gasteiger partial charge < -0.3 is 9.84 Å². The lowest BCUT2D eigenvalue weighted by atomic mass is 9.95. The van der Waals surface area contributed by atoms with Crippen LogP contribution in [0.5, 0.6) is 5.75 Å². The van der Waals surface area contributed by atoms with E-state index in [1.54, 1.807) is 12.1 Å². The number of carbonyl (C=O) groups is 1. The van der Waals surface area contributed by atoms with Gasteiger partial charge in [-0.3, -0.25) is 4.79 Å². The zero-order chi connectivity index (χ0) is 23.9. The van der Waals surface area contributed by atoms with Gasteiger partial charge >= 0.3 is 5.97 Å². The van der Waals surface area contributed by atoms with Crippen LogP contribution in [0, 0.1) is 6.92 Å². The molecule has 172 valence electrons. The molecule has 0 radical (unpaired) electrons. The number of aromatic carboxylic acids is 1. The number of unbranched alkanes of at least 4 members (excludes halogenated alkanes) is 1. The molecule has 0 aliphatic carbocycles. The third kappa shape index (κ3) is 5.23. The Bertz CT molecular complexity index is 1310. The van der Waals surface area contributed by atoms with Crippen molar-refractivity contribution in [3.8, 4) is 28.1 Å². The van der Waals surface area contributed by atoms with Gasteiger partial charge in [-0.15, -0.1) is 0 Å². The monoisotopic (exact) mass is 454 g/mol. The number of benzene rings is 3. The van der Waals surface area contributed by atoms with Crippen LogP contribution in [0.2, 0.25) is 0 Å². The Morgan fingerprint density at radius 2 is 1.50 bits per heavy atom. The molecule has 0 unspecified atom stereocenters. The lowest BCUT2D eigenvalue weighted by molar-refractivity contribution is 0.0694. The molecule has 6 nitrogen and oxygen atoms in total. The van der Waals surface area contributed by atoms with Crippen molar-refractivity contribution in [3.05, 3.63) is 106 Å². The summed E-state index contributed by atoms with van der Waals surface area (Å²) >= 11 is 0. The summed E-state index contributed by atoms with van der Waals surface area (Å²) in [7, 11) is 0. The Hall–Kier alpha value is -4.19. The molecule has 1 heterocycles. The maximum absolute atomic E-state index is 13.2. The van der Waals surface area contributed by atoms with Crippen LogP contribution in [0.15, 0.2) is 89.7 Å². The maximum Gasteiger partial charge on any atom is 0.342 e. The molecule has 1 N–H and O–H groups in total. The average Bonchev–Trinajstić information content (AvgIpc) is 2.86. The van der Waals surface area contributed by atoms with Crippen LogP contribution in [-0.4, -0.2) is 27.5 Å². The maximum atomic E-state index is 13.2. The minimum Gasteiger partial charge on any atom is -0.494 e. The standard InChI is InChI=1S/C28H26N2O4/c1-20-14-16-23(17-15-20)34-19-9-8-18-30-27(31)25(28(32)33)24(21-10-4-2-5-11-21)26(29-30)22-12-6-3-7-13-22/h2-7,10-17H,8-9,18-19H2,1H3,(H,32,33). The number of nitrogens with zero attached hydrogens (tertiary/aromatic N) is 2. The first-order valence-corrected chi connectivity index (χ1v) is 11.2. The molecule has 3 aromatic carbocycles. The van der Waals surface area contributed by atoms with Crippen LogP contribution < -0.4 is 10.3 Å². The quantitative estimate of drug-likeness (QED) is 0.341. The van der Waals surface area contributed by atoms with Gasteiger partial charge in [-0.25, -0.2) is 9.48 Å². The van der Waals surface area contributed by atoms with E-state index in [0.29, 0.717) is 42.8 Å². The van der Waals surface area contributed by atoms with Gasteiger partial charge in [0.2, 0.25) is 0 Å². The fourth-order valence-corrected chi connectivity index (χ4v) is 3.79. The summed E-state index contributed by atoms with van der Waals surface area (Å²) in [6.45, 7) is 2.81. The molecule has 0 atom stereocenters. The number of carboxylic acid groups (broad SMARTS) is 1. The van der Waals surface area contributed by atoms with Gasteiger partial charge in [0.05, 0.1) is 12.3 Å². The highest BCUT2D eigenvalue weighted by atomic mass is 16.5. The first kappa shape index (κ1) is 23.0. The van der Waals surface area contributed by atoms with Crippen LogP contribution in [0.1, 0.15) is 28.8 Å². The minimum atomic E-state index is -1.26. The van der Waals surface area contributed by atoms with Crippen LogP contribution in [0.25, 0.3) is 22.4 Å². The van der Waals surface area contributed by atoms with Crippen molar-refractivity contribution in [2.24, 2.45) is 0 Å². The van der Waals surface area contributed by atoms with Crippen molar-refractivity contribution < 1.29 is 14.6 Å². The summed E-state index contributed by atoms with van der Waals surface area (Å²) in [5, 5.41) is 14.6. The largest absolute Gasteiger partial charge is 0.494 e. The highest BCUT2D eigenvalue weighted by Gasteiger charge is 2.24. The first-order chi connectivity index (χ1) is 16.5. The Labute approximate surface area is 198 Å². The summed E-state index contributed by atoms with van der Waals surface area (Å²) in [6, 6.07) is 26.2. The van der Waals surface area contributed by atoms with Gasteiger partial charge in [0.1, 0.15) is 11.3 Å². The molecule has 1 aromatic heterocycles. The molecule has 0 bridgehead atoms. The highest BCUT2D eigenvalue weighted by Crippen LogP contribution is 2.32. The molecular formula is C28H26N2O4. The third-order valence-corrected chi connectivity index (χ3v) is 5.53. The van der Waals surface area contributed by atoms with Crippen LogP contribution in [0.4, 0.5) is 0 Å². The van der Waals surface area contributed by atoms with Crippen molar-refractivity contribution in [3.63, 3.8) is 0 Å². The second-order valence-corrected chi connectivity index (χ2v) is 8.03. The molecule has 4 aromatic rings. The fraction of sp³-hybridized carbons (Fsp3) is 0.179. The van der Waals surface area contributed by atoms with E-state index in [-0.39, 0.29) is 5.56 Å². The Kier molecular flexibility index (Phi) is 7.18. The number of ether oxygens (including phenoxy) is 1. The summed E-state index contributed by atoms with van der Waals surface area (Å²) in [5.74, 6) is -0.465. The van der Waals surface area contributed by atoms with Gasteiger partial charge in [0.15, 0.2) is 0 Å². The molecule has 0 fully saturated rings. The molecule has 0 amide bonds. The number of aromatic nitrogens is 2. The normalized spacial score (nSPS) is 10.7. The molecule has 0 saturated heterocycles. The van der Waals surface area contributed by atoms with Gasteiger partial charge in [-0.2, -0.15) is 5.10 Å². The van der Waals surface area contributed by atoms with E-state index in [9.17, 15) is 14.7 Å². The summed E-state index contributed by atoms with van der Waals surface area (Å²) in [6.07, 6.45) is 1.32. The zero-order valence-corrected chi connectivity index (χ0v) is 19.0. The van der Waals surface area contributed by atoms with E-state index in [1.165, 1.54) is 10.2 Å². The van der Waals surface area contributed by atoms with Crippen molar-refractivity contribution in [1.82, 2.24) is 9.78 Å². The second-order valence-electron chi connectivity index (χ2n) is 8.03. The molecule has 6 heteroatoms. The van der Waals surface area contributed by atoms with E-state index in [1.807, 2.05) is 79.7 Å². The number of carboxylic acids is 1. The SMILES string of the molecule is Cc1ccc(OCCCCn2nc(-c3ccccc3)c(-c3ccccc3)c(C(=O)O)c2=O)cc1. The molecule has 0 aliphatic heterocycles. The third-order valence-electron chi connectivity index (χ3n) is 5.53. The van der Waals surface area contributed by atoms with E-state index < -0.39 is 11.5 Å². The van der Waals surface area contributed by atoms with E-state index in [0.717, 1.165) is 11.3 Å². The number of aryl methyl sites for hydroxylation is 2. The number of hydrogen-bond acceptors (Lipinski definition) is 4. The zero-order valence-electron chi connectivity index (χ0n) is 19.0. The van der Waals surface area contributed by atoms with Crippen molar-refractivity contribution in [1.29, 1.82) is 0 Å². The Morgan fingerprint density at radius 1 is 0.882 bits per heavy atom. The Balaban J connectivity index is 1.63. The molecule has 0 aliphatic rings. The molecule has 34 heavy (non-hydrogen) atoms. The van der Waals surface area contributed by atoms with Gasteiger partial charge in [-0.05, 0) is 37.5 Å². The fourth-order valence-electron chi connectivity index (χ4n) is 3.79. The Morgan fingerprint density at radius 3 is 2.12 bits per heavy atom. The van der Waals surface area contributed by atoms with E-state index in [4.69, 9.17) is 4.74 Å². The van der Waals surface area contributed by atoms with Crippen molar-refractivity contribution >= 4 is 5.97 Å². The molecule has 4 rings (SSSR count). The van der Waals surface area contributed by atoms with Crippen LogP contribution >= 0.6 is 0 Å². The van der Waals surface area contributed by atoms with Crippen LogP contribution in [-0.2, 0) is 6.54 Å². The van der Waals surface area contributed by atoms with Crippen molar-refractivity contribution in [2.45, 2.75) is 26.3 Å². The predicted octanol–water partition coefficient (Wildman–Crippen LogP) is 5.44. The second kappa shape index (κ2) is 10.6.